The van der Waals surface area contributed by atoms with E-state index < -0.39 is 0 Å². The summed E-state index contributed by atoms with van der Waals surface area (Å²) in [6.07, 6.45) is 1.88. The van der Waals surface area contributed by atoms with E-state index in [0.29, 0.717) is 18.4 Å². The van der Waals surface area contributed by atoms with E-state index in [2.05, 4.69) is 85.8 Å². The lowest BCUT2D eigenvalue weighted by Crippen LogP contribution is -2.30. The second-order valence-electron chi connectivity index (χ2n) is 10.1. The summed E-state index contributed by atoms with van der Waals surface area (Å²) in [5, 5.41) is 7.08. The molecule has 0 saturated carbocycles. The van der Waals surface area contributed by atoms with Crippen molar-refractivity contribution in [2.45, 2.75) is 57.5 Å². The van der Waals surface area contributed by atoms with Crippen LogP contribution in [0.4, 0.5) is 10.5 Å². The molecule has 0 spiro atoms. The molecule has 0 bridgehead atoms. The van der Waals surface area contributed by atoms with E-state index in [1.807, 2.05) is 36.4 Å². The first kappa shape index (κ1) is 27.5. The number of benzene rings is 3. The van der Waals surface area contributed by atoms with E-state index in [1.54, 1.807) is 11.8 Å². The predicted molar refractivity (Wildman–Crippen MR) is 161 cm³/mol. The SMILES string of the molecule is CC(C)c1cccc(C(C)C)c1NC(=O)NCCCCSc1nc(-c2ccccc2)c(-c2ccccc2)[nH]1. The van der Waals surface area contributed by atoms with Gasteiger partial charge < -0.3 is 15.6 Å². The molecule has 0 unspecified atom stereocenters. The highest BCUT2D eigenvalue weighted by Crippen LogP contribution is 2.33. The molecular weight excluding hydrogens is 488 g/mol. The van der Waals surface area contributed by atoms with Gasteiger partial charge in [0.15, 0.2) is 5.16 Å². The Morgan fingerprint density at radius 1 is 0.816 bits per heavy atom. The highest BCUT2D eigenvalue weighted by atomic mass is 32.2. The van der Waals surface area contributed by atoms with E-state index in [0.717, 1.165) is 52.0 Å². The van der Waals surface area contributed by atoms with Crippen LogP contribution in [0.3, 0.4) is 0 Å². The minimum absolute atomic E-state index is 0.140. The third kappa shape index (κ3) is 7.07. The maximum atomic E-state index is 12.7. The first-order valence-electron chi connectivity index (χ1n) is 13.4. The van der Waals surface area contributed by atoms with Gasteiger partial charge in [-0.1, -0.05) is 118 Å². The first-order valence-corrected chi connectivity index (χ1v) is 14.4. The molecule has 0 saturated heterocycles. The molecule has 2 amide bonds. The van der Waals surface area contributed by atoms with Crippen LogP contribution in [0.5, 0.6) is 0 Å². The van der Waals surface area contributed by atoms with Crippen molar-refractivity contribution in [1.29, 1.82) is 0 Å². The molecule has 0 aliphatic carbocycles. The van der Waals surface area contributed by atoms with Crippen LogP contribution >= 0.6 is 11.8 Å². The molecule has 1 heterocycles. The van der Waals surface area contributed by atoms with Gasteiger partial charge >= 0.3 is 6.03 Å². The lowest BCUT2D eigenvalue weighted by Gasteiger charge is -2.20. The number of H-pyrrole nitrogens is 1. The molecule has 6 heteroatoms. The molecule has 3 N–H and O–H groups in total. The largest absolute Gasteiger partial charge is 0.338 e. The molecule has 4 rings (SSSR count). The van der Waals surface area contributed by atoms with E-state index in [4.69, 9.17) is 4.98 Å². The fourth-order valence-electron chi connectivity index (χ4n) is 4.49. The quantitative estimate of drug-likeness (QED) is 0.135. The summed E-state index contributed by atoms with van der Waals surface area (Å²) in [7, 11) is 0. The Labute approximate surface area is 230 Å². The van der Waals surface area contributed by atoms with Crippen LogP contribution in [0.2, 0.25) is 0 Å². The van der Waals surface area contributed by atoms with Crippen LogP contribution in [0.1, 0.15) is 63.5 Å². The number of hydrogen-bond donors (Lipinski definition) is 3. The summed E-state index contributed by atoms with van der Waals surface area (Å²) in [4.78, 5) is 21.1. The predicted octanol–water partition coefficient (Wildman–Crippen LogP) is 8.68. The number of amides is 2. The number of rotatable bonds is 11. The number of aromatic amines is 1. The van der Waals surface area contributed by atoms with Crippen molar-refractivity contribution >= 4 is 23.5 Å². The van der Waals surface area contributed by atoms with Gasteiger partial charge in [0.2, 0.25) is 0 Å². The molecule has 5 nitrogen and oxygen atoms in total. The van der Waals surface area contributed by atoms with Gasteiger partial charge in [-0.2, -0.15) is 0 Å². The number of carbonyl (C=O) groups is 1. The highest BCUT2D eigenvalue weighted by Gasteiger charge is 2.16. The standard InChI is InChI=1S/C32H38N4OS/c1-22(2)26-18-13-19-27(23(3)4)30(26)34-31(37)33-20-11-12-21-38-32-35-28(24-14-7-5-8-15-24)29(36-32)25-16-9-6-10-17-25/h5-10,13-19,22-23H,11-12,20-21H2,1-4H3,(H,35,36)(H2,33,34,37). The normalized spacial score (nSPS) is 11.2. The van der Waals surface area contributed by atoms with E-state index in [-0.39, 0.29) is 6.03 Å². The van der Waals surface area contributed by atoms with Gasteiger partial charge in [0.25, 0.3) is 0 Å². The van der Waals surface area contributed by atoms with Gasteiger partial charge in [-0.05, 0) is 35.8 Å². The maximum absolute atomic E-state index is 12.7. The lowest BCUT2D eigenvalue weighted by molar-refractivity contribution is 0.252. The molecule has 0 aliphatic rings. The van der Waals surface area contributed by atoms with Gasteiger partial charge in [-0.15, -0.1) is 0 Å². The van der Waals surface area contributed by atoms with E-state index in [9.17, 15) is 4.79 Å². The third-order valence-corrected chi connectivity index (χ3v) is 7.46. The second-order valence-corrected chi connectivity index (χ2v) is 11.1. The minimum atomic E-state index is -0.140. The van der Waals surface area contributed by atoms with Crippen LogP contribution in [-0.4, -0.2) is 28.3 Å². The third-order valence-electron chi connectivity index (χ3n) is 6.50. The Balaban J connectivity index is 1.29. The number of hydrogen-bond acceptors (Lipinski definition) is 3. The minimum Gasteiger partial charge on any atom is -0.338 e. The van der Waals surface area contributed by atoms with Crippen LogP contribution in [-0.2, 0) is 0 Å². The molecule has 0 aliphatic heterocycles. The molecule has 198 valence electrons. The number of aromatic nitrogens is 2. The fourth-order valence-corrected chi connectivity index (χ4v) is 5.36. The summed E-state index contributed by atoms with van der Waals surface area (Å²) in [5.74, 6) is 1.60. The van der Waals surface area contributed by atoms with Gasteiger partial charge in [0.1, 0.15) is 0 Å². The highest BCUT2D eigenvalue weighted by molar-refractivity contribution is 7.99. The summed E-state index contributed by atoms with van der Waals surface area (Å²) in [5.41, 5.74) is 7.54. The van der Waals surface area contributed by atoms with Gasteiger partial charge in [0.05, 0.1) is 11.4 Å². The number of thioether (sulfide) groups is 1. The summed E-state index contributed by atoms with van der Waals surface area (Å²) in [6, 6.07) is 26.8. The number of para-hydroxylation sites is 1. The molecule has 38 heavy (non-hydrogen) atoms. The summed E-state index contributed by atoms with van der Waals surface area (Å²) < 4.78 is 0. The van der Waals surface area contributed by atoms with E-state index in [1.165, 1.54) is 11.1 Å². The Kier molecular flexibility index (Phi) is 9.66. The van der Waals surface area contributed by atoms with Crippen molar-refractivity contribution in [3.05, 3.63) is 90.0 Å². The van der Waals surface area contributed by atoms with Crippen molar-refractivity contribution in [1.82, 2.24) is 15.3 Å². The molecule has 3 aromatic carbocycles. The van der Waals surface area contributed by atoms with Gasteiger partial charge in [-0.3, -0.25) is 0 Å². The maximum Gasteiger partial charge on any atom is 0.319 e. The van der Waals surface area contributed by atoms with Crippen molar-refractivity contribution in [2.75, 3.05) is 17.6 Å². The van der Waals surface area contributed by atoms with Crippen molar-refractivity contribution < 1.29 is 4.79 Å². The van der Waals surface area contributed by atoms with E-state index >= 15 is 0 Å². The molecule has 0 fully saturated rings. The molecule has 4 aromatic rings. The Hall–Kier alpha value is -3.51. The molecule has 0 radical (unpaired) electrons. The molecular formula is C32H38N4OS. The summed E-state index contributed by atoms with van der Waals surface area (Å²) >= 11 is 1.72. The van der Waals surface area contributed by atoms with Crippen LogP contribution in [0.15, 0.2) is 84.0 Å². The number of nitrogens with one attached hydrogen (secondary N) is 3. The number of nitrogens with zero attached hydrogens (tertiary/aromatic N) is 1. The average molecular weight is 527 g/mol. The zero-order valence-corrected chi connectivity index (χ0v) is 23.6. The van der Waals surface area contributed by atoms with Crippen molar-refractivity contribution in [3.63, 3.8) is 0 Å². The number of urea groups is 1. The van der Waals surface area contributed by atoms with Crippen molar-refractivity contribution in [2.24, 2.45) is 0 Å². The van der Waals surface area contributed by atoms with Crippen LogP contribution in [0, 0.1) is 0 Å². The zero-order valence-electron chi connectivity index (χ0n) is 22.8. The molecule has 0 atom stereocenters. The first-order chi connectivity index (χ1) is 18.4. The number of anilines is 1. The monoisotopic (exact) mass is 526 g/mol. The number of imidazole rings is 1. The number of unbranched alkanes of at least 4 members (excludes halogenated alkanes) is 1. The van der Waals surface area contributed by atoms with Crippen LogP contribution < -0.4 is 10.6 Å². The Morgan fingerprint density at radius 3 is 2.03 bits per heavy atom. The topological polar surface area (TPSA) is 69.8 Å². The average Bonchev–Trinajstić information content (AvgIpc) is 3.35. The van der Waals surface area contributed by atoms with Crippen molar-refractivity contribution in [3.8, 4) is 22.5 Å². The Morgan fingerprint density at radius 2 is 1.42 bits per heavy atom. The van der Waals surface area contributed by atoms with Crippen LogP contribution in [0.25, 0.3) is 22.5 Å². The zero-order chi connectivity index (χ0) is 26.9. The summed E-state index contributed by atoms with van der Waals surface area (Å²) in [6.45, 7) is 9.27. The Bertz CT molecular complexity index is 1230. The van der Waals surface area contributed by atoms with Gasteiger partial charge in [-0.25, -0.2) is 9.78 Å². The smallest absolute Gasteiger partial charge is 0.319 e. The van der Waals surface area contributed by atoms with Gasteiger partial charge in [0, 0.05) is 29.1 Å². The fraction of sp³-hybridized carbons (Fsp3) is 0.312. The number of carbonyl (C=O) groups excluding carboxylic acids is 1. The lowest BCUT2D eigenvalue weighted by atomic mass is 9.93. The second kappa shape index (κ2) is 13.3. The molecule has 1 aromatic heterocycles.